The van der Waals surface area contributed by atoms with Crippen molar-refractivity contribution in [2.24, 2.45) is 0 Å². The summed E-state index contributed by atoms with van der Waals surface area (Å²) in [5, 5.41) is 0.881. The van der Waals surface area contributed by atoms with E-state index in [9.17, 15) is 0 Å². The zero-order valence-corrected chi connectivity index (χ0v) is 11.2. The van der Waals surface area contributed by atoms with Crippen LogP contribution < -0.4 is 0 Å². The molecule has 0 aromatic carbocycles. The number of nitrogens with zero attached hydrogens (tertiary/aromatic N) is 3. The second-order valence-electron chi connectivity index (χ2n) is 4.48. The van der Waals surface area contributed by atoms with Crippen LogP contribution in [0.4, 0.5) is 0 Å². The van der Waals surface area contributed by atoms with Gasteiger partial charge in [0.1, 0.15) is 0 Å². The van der Waals surface area contributed by atoms with Gasteiger partial charge in [-0.1, -0.05) is 11.8 Å². The van der Waals surface area contributed by atoms with Crippen LogP contribution in [0.3, 0.4) is 0 Å². The van der Waals surface area contributed by atoms with E-state index in [0.29, 0.717) is 0 Å². The van der Waals surface area contributed by atoms with E-state index in [-0.39, 0.29) is 0 Å². The first-order valence-electron chi connectivity index (χ1n) is 6.08. The molecule has 2 aromatic rings. The number of nitrogens with one attached hydrogen (secondary N) is 1. The second-order valence-corrected chi connectivity index (χ2v) is 5.26. The quantitative estimate of drug-likeness (QED) is 0.678. The molecule has 1 aliphatic rings. The molecular formula is C13H16N4S. The maximum absolute atomic E-state index is 4.58. The average molecular weight is 260 g/mol. The lowest BCUT2D eigenvalue weighted by atomic mass is 10.1. The van der Waals surface area contributed by atoms with Crippen LogP contribution in [0.5, 0.6) is 0 Å². The van der Waals surface area contributed by atoms with E-state index >= 15 is 0 Å². The minimum absolute atomic E-state index is 0.881. The number of H-pyrrole nitrogens is 1. The van der Waals surface area contributed by atoms with Crippen molar-refractivity contribution in [3.63, 3.8) is 0 Å². The normalized spacial score (nSPS) is 15.6. The fourth-order valence-electron chi connectivity index (χ4n) is 2.30. The Kier molecular flexibility index (Phi) is 3.34. The van der Waals surface area contributed by atoms with Gasteiger partial charge in [0.15, 0.2) is 5.16 Å². The van der Waals surface area contributed by atoms with E-state index in [4.69, 9.17) is 0 Å². The zero-order valence-electron chi connectivity index (χ0n) is 10.4. The van der Waals surface area contributed by atoms with Crippen molar-refractivity contribution in [2.45, 2.75) is 24.7 Å². The fraction of sp³-hybridized carbons (Fsp3) is 0.385. The highest BCUT2D eigenvalue weighted by molar-refractivity contribution is 7.98. The first-order valence-corrected chi connectivity index (χ1v) is 7.31. The molecule has 0 aliphatic carbocycles. The van der Waals surface area contributed by atoms with E-state index in [2.05, 4.69) is 25.9 Å². The van der Waals surface area contributed by atoms with Gasteiger partial charge in [-0.3, -0.25) is 4.90 Å². The van der Waals surface area contributed by atoms with Crippen LogP contribution in [0.15, 0.2) is 29.7 Å². The molecule has 0 bridgehead atoms. The van der Waals surface area contributed by atoms with Crippen LogP contribution in [0.25, 0.3) is 0 Å². The predicted molar refractivity (Wildman–Crippen MR) is 72.4 cm³/mol. The van der Waals surface area contributed by atoms with Crippen LogP contribution >= 0.6 is 11.8 Å². The first-order chi connectivity index (χ1) is 8.85. The topological polar surface area (TPSA) is 44.8 Å². The number of aromatic amines is 1. The minimum atomic E-state index is 0.881. The zero-order chi connectivity index (χ0) is 12.4. The van der Waals surface area contributed by atoms with Gasteiger partial charge in [0.25, 0.3) is 0 Å². The van der Waals surface area contributed by atoms with Crippen molar-refractivity contribution in [1.82, 2.24) is 19.9 Å². The monoisotopic (exact) mass is 260 g/mol. The van der Waals surface area contributed by atoms with Crippen molar-refractivity contribution < 1.29 is 0 Å². The van der Waals surface area contributed by atoms with E-state index < -0.39 is 0 Å². The highest BCUT2D eigenvalue weighted by Gasteiger charge is 2.18. The first kappa shape index (κ1) is 11.7. The summed E-state index contributed by atoms with van der Waals surface area (Å²) in [5.41, 5.74) is 3.75. The summed E-state index contributed by atoms with van der Waals surface area (Å²) >= 11 is 1.61. The van der Waals surface area contributed by atoms with Crippen LogP contribution in [-0.4, -0.2) is 32.7 Å². The standard InChI is InChI=1S/C13H16N4S/c1-18-13-15-7-10-8-17(6-4-12(10)16-13)9-11-3-2-5-14-11/h2-3,5,7,14H,4,6,8-9H2,1H3. The Labute approximate surface area is 111 Å². The van der Waals surface area contributed by atoms with Gasteiger partial charge >= 0.3 is 0 Å². The lowest BCUT2D eigenvalue weighted by molar-refractivity contribution is 0.239. The smallest absolute Gasteiger partial charge is 0.187 e. The molecule has 0 fully saturated rings. The molecule has 1 N–H and O–H groups in total. The van der Waals surface area contributed by atoms with Crippen molar-refractivity contribution in [1.29, 1.82) is 0 Å². The molecule has 0 unspecified atom stereocenters. The highest BCUT2D eigenvalue weighted by Crippen LogP contribution is 2.20. The van der Waals surface area contributed by atoms with Crippen molar-refractivity contribution >= 4 is 11.8 Å². The van der Waals surface area contributed by atoms with Gasteiger partial charge < -0.3 is 4.98 Å². The Balaban J connectivity index is 1.73. The maximum atomic E-state index is 4.58. The third-order valence-electron chi connectivity index (χ3n) is 3.23. The van der Waals surface area contributed by atoms with Gasteiger partial charge in [0.2, 0.25) is 0 Å². The van der Waals surface area contributed by atoms with Gasteiger partial charge in [-0.15, -0.1) is 0 Å². The van der Waals surface area contributed by atoms with Crippen molar-refractivity contribution in [3.05, 3.63) is 41.5 Å². The lowest BCUT2D eigenvalue weighted by Crippen LogP contribution is -2.31. The number of rotatable bonds is 3. The molecule has 0 atom stereocenters. The molecular weight excluding hydrogens is 244 g/mol. The van der Waals surface area contributed by atoms with E-state index in [1.165, 1.54) is 17.0 Å². The predicted octanol–water partition coefficient (Wildman–Crippen LogP) is 2.08. The lowest BCUT2D eigenvalue weighted by Gasteiger charge is -2.27. The molecule has 3 rings (SSSR count). The largest absolute Gasteiger partial charge is 0.364 e. The molecule has 0 radical (unpaired) electrons. The highest BCUT2D eigenvalue weighted by atomic mass is 32.2. The van der Waals surface area contributed by atoms with Crippen molar-refractivity contribution in [3.8, 4) is 0 Å². The molecule has 0 saturated carbocycles. The number of hydrogen-bond acceptors (Lipinski definition) is 4. The number of hydrogen-bond donors (Lipinski definition) is 1. The SMILES string of the molecule is CSc1ncc2c(n1)CCN(Cc1ccc[nH]1)C2. The van der Waals surface area contributed by atoms with E-state index in [1.807, 2.05) is 24.7 Å². The molecule has 4 nitrogen and oxygen atoms in total. The molecule has 1 aliphatic heterocycles. The summed E-state index contributed by atoms with van der Waals surface area (Å²) in [7, 11) is 0. The van der Waals surface area contributed by atoms with Crippen LogP contribution in [0.2, 0.25) is 0 Å². The summed E-state index contributed by atoms with van der Waals surface area (Å²) in [6, 6.07) is 4.17. The summed E-state index contributed by atoms with van der Waals surface area (Å²) in [6.07, 6.45) is 6.99. The Morgan fingerprint density at radius 2 is 2.44 bits per heavy atom. The third kappa shape index (κ3) is 2.42. The fourth-order valence-corrected chi connectivity index (χ4v) is 2.66. The number of thioether (sulfide) groups is 1. The van der Waals surface area contributed by atoms with Gasteiger partial charge in [0, 0.05) is 49.7 Å². The number of fused-ring (bicyclic) bond motifs is 1. The summed E-state index contributed by atoms with van der Waals surface area (Å²) in [5.74, 6) is 0. The van der Waals surface area contributed by atoms with Gasteiger partial charge in [-0.05, 0) is 18.4 Å². The third-order valence-corrected chi connectivity index (χ3v) is 3.79. The molecule has 0 spiro atoms. The molecule has 18 heavy (non-hydrogen) atoms. The number of aromatic nitrogens is 3. The summed E-state index contributed by atoms with van der Waals surface area (Å²) < 4.78 is 0. The van der Waals surface area contributed by atoms with Crippen LogP contribution in [0, 0.1) is 0 Å². The maximum Gasteiger partial charge on any atom is 0.187 e. The molecule has 0 amide bonds. The summed E-state index contributed by atoms with van der Waals surface area (Å²) in [6.45, 7) is 2.98. The Morgan fingerprint density at radius 1 is 1.50 bits per heavy atom. The second kappa shape index (κ2) is 5.12. The molecule has 0 saturated heterocycles. The van der Waals surface area contributed by atoms with Gasteiger partial charge in [-0.2, -0.15) is 0 Å². The Morgan fingerprint density at radius 3 is 3.22 bits per heavy atom. The molecule has 5 heteroatoms. The van der Waals surface area contributed by atoms with Gasteiger partial charge in [-0.25, -0.2) is 9.97 Å². The Hall–Kier alpha value is -1.33. The van der Waals surface area contributed by atoms with Crippen molar-refractivity contribution in [2.75, 3.05) is 12.8 Å². The Bertz CT molecular complexity index is 524. The summed E-state index contributed by atoms with van der Waals surface area (Å²) in [4.78, 5) is 14.6. The van der Waals surface area contributed by atoms with Crippen LogP contribution in [0.1, 0.15) is 17.0 Å². The molecule has 3 heterocycles. The molecule has 2 aromatic heterocycles. The molecule has 94 valence electrons. The van der Waals surface area contributed by atoms with E-state index in [1.54, 1.807) is 11.8 Å². The van der Waals surface area contributed by atoms with E-state index in [0.717, 1.165) is 31.2 Å². The minimum Gasteiger partial charge on any atom is -0.364 e. The van der Waals surface area contributed by atoms with Crippen LogP contribution in [-0.2, 0) is 19.5 Å². The average Bonchev–Trinajstić information content (AvgIpc) is 2.91. The van der Waals surface area contributed by atoms with Gasteiger partial charge in [0.05, 0.1) is 5.69 Å².